The van der Waals surface area contributed by atoms with E-state index in [1.807, 2.05) is 42.5 Å². The molecule has 0 fully saturated rings. The number of nitrogens with zero attached hydrogens (tertiary/aromatic N) is 2. The molecule has 0 spiro atoms. The Bertz CT molecular complexity index is 1810. The fourth-order valence-electron chi connectivity index (χ4n) is 5.32. The van der Waals surface area contributed by atoms with Crippen LogP contribution in [0.1, 0.15) is 45.1 Å². The van der Waals surface area contributed by atoms with Crippen LogP contribution in [0.4, 0.5) is 0 Å². The van der Waals surface area contributed by atoms with Gasteiger partial charge in [0.2, 0.25) is 0 Å². The summed E-state index contributed by atoms with van der Waals surface area (Å²) in [7, 11) is 4.56. The molecule has 0 N–H and O–H groups in total. The van der Waals surface area contributed by atoms with E-state index in [2.05, 4.69) is 12.1 Å². The lowest BCUT2D eigenvalue weighted by Gasteiger charge is -2.30. The van der Waals surface area contributed by atoms with Crippen molar-refractivity contribution in [1.29, 1.82) is 0 Å². The fourth-order valence-corrected chi connectivity index (χ4v) is 6.31. The van der Waals surface area contributed by atoms with Crippen molar-refractivity contribution in [3.05, 3.63) is 120 Å². The number of aryl methyl sites for hydroxylation is 1. The summed E-state index contributed by atoms with van der Waals surface area (Å²) in [6.07, 6.45) is 3.50. The van der Waals surface area contributed by atoms with Gasteiger partial charge in [-0.3, -0.25) is 9.36 Å². The largest absolute Gasteiger partial charge is 0.497 e. The molecule has 0 amide bonds. The third kappa shape index (κ3) is 4.27. The van der Waals surface area contributed by atoms with Gasteiger partial charge in [0.15, 0.2) is 4.80 Å². The lowest BCUT2D eigenvalue weighted by atomic mass is 9.83. The van der Waals surface area contributed by atoms with Crippen LogP contribution in [-0.2, 0) is 11.2 Å². The van der Waals surface area contributed by atoms with Crippen LogP contribution in [0.2, 0.25) is 0 Å². The number of carbonyl (C=O) groups excluding carboxylic acids is 1. The van der Waals surface area contributed by atoms with Crippen LogP contribution in [0.3, 0.4) is 0 Å². The van der Waals surface area contributed by atoms with Crippen molar-refractivity contribution in [3.63, 3.8) is 0 Å². The lowest BCUT2D eigenvalue weighted by molar-refractivity contribution is 0.0600. The van der Waals surface area contributed by atoms with Gasteiger partial charge in [-0.15, -0.1) is 0 Å². The Balaban J connectivity index is 1.57. The third-order valence-electron chi connectivity index (χ3n) is 7.25. The number of rotatable bonds is 5. The number of hydrogen-bond donors (Lipinski definition) is 0. The molecule has 7 nitrogen and oxygen atoms in total. The molecular weight excluding hydrogens is 512 g/mol. The van der Waals surface area contributed by atoms with E-state index in [0.29, 0.717) is 26.4 Å². The molecule has 196 valence electrons. The molecule has 1 aromatic heterocycles. The molecule has 0 saturated carbocycles. The molecular formula is C31H26N2O5S. The Morgan fingerprint density at radius 1 is 1.00 bits per heavy atom. The van der Waals surface area contributed by atoms with Gasteiger partial charge in [-0.25, -0.2) is 9.79 Å². The number of esters is 1. The van der Waals surface area contributed by atoms with Crippen molar-refractivity contribution in [1.82, 2.24) is 4.57 Å². The topological polar surface area (TPSA) is 79.1 Å². The third-order valence-corrected chi connectivity index (χ3v) is 8.23. The second kappa shape index (κ2) is 10.0. The number of allylic oxidation sites excluding steroid dienone is 1. The second-order valence-electron chi connectivity index (χ2n) is 9.34. The van der Waals surface area contributed by atoms with Crippen LogP contribution < -0.4 is 24.4 Å². The molecule has 0 saturated heterocycles. The minimum absolute atomic E-state index is 0.121. The minimum Gasteiger partial charge on any atom is -0.497 e. The summed E-state index contributed by atoms with van der Waals surface area (Å²) in [5.74, 6) is 0.890. The summed E-state index contributed by atoms with van der Waals surface area (Å²) in [6.45, 7) is 0. The molecule has 8 heteroatoms. The number of fused-ring (bicyclic) bond motifs is 3. The average molecular weight is 539 g/mol. The summed E-state index contributed by atoms with van der Waals surface area (Å²) in [5.41, 5.74) is 6.41. The summed E-state index contributed by atoms with van der Waals surface area (Å²) >= 11 is 1.36. The number of thiazole rings is 1. The van der Waals surface area contributed by atoms with Gasteiger partial charge in [-0.2, -0.15) is 0 Å². The minimum atomic E-state index is -0.398. The maximum Gasteiger partial charge on any atom is 0.337 e. The average Bonchev–Trinajstić information content (AvgIpc) is 3.29. The normalized spacial score (nSPS) is 16.1. The van der Waals surface area contributed by atoms with E-state index in [-0.39, 0.29) is 11.6 Å². The van der Waals surface area contributed by atoms with Gasteiger partial charge >= 0.3 is 5.97 Å². The molecule has 1 aliphatic heterocycles. The van der Waals surface area contributed by atoms with Gasteiger partial charge in [-0.05, 0) is 59.9 Å². The van der Waals surface area contributed by atoms with Crippen molar-refractivity contribution in [3.8, 4) is 11.5 Å². The first-order chi connectivity index (χ1) is 19.0. The molecule has 1 atom stereocenters. The molecule has 0 bridgehead atoms. The molecule has 3 aromatic carbocycles. The van der Waals surface area contributed by atoms with Crippen molar-refractivity contribution < 1.29 is 19.0 Å². The highest BCUT2D eigenvalue weighted by Gasteiger charge is 2.32. The summed E-state index contributed by atoms with van der Waals surface area (Å²) in [5, 5.41) is 0. The summed E-state index contributed by atoms with van der Waals surface area (Å²) in [6, 6.07) is 20.8. The van der Waals surface area contributed by atoms with E-state index >= 15 is 0 Å². The standard InChI is InChI=1S/C31H26N2O5S/c1-36-22-14-12-21(25(17-22)37-2)16-26-29(34)33-28(19-8-10-20(11-9-19)30(35)38-3)24-15-13-18-6-4-5-7-23(18)27(24)32-31(33)39-26/h4-12,14,16-17,28H,13,15H2,1-3H3. The number of hydrogen-bond acceptors (Lipinski definition) is 7. The number of methoxy groups -OCH3 is 3. The van der Waals surface area contributed by atoms with Gasteiger partial charge in [0.25, 0.3) is 5.56 Å². The number of aromatic nitrogens is 1. The maximum atomic E-state index is 14.0. The molecule has 6 rings (SSSR count). The van der Waals surface area contributed by atoms with Crippen LogP contribution in [0, 0.1) is 0 Å². The van der Waals surface area contributed by atoms with Crippen LogP contribution >= 0.6 is 11.3 Å². The predicted octanol–water partition coefficient (Wildman–Crippen LogP) is 4.12. The SMILES string of the molecule is COC(=O)c1ccc(C2C3=C(N=c4sc(=Cc5ccc(OC)cc5OC)c(=O)n42)c2ccccc2CC3)cc1. The van der Waals surface area contributed by atoms with Crippen LogP contribution in [-0.4, -0.2) is 31.9 Å². The highest BCUT2D eigenvalue weighted by Crippen LogP contribution is 2.41. The smallest absolute Gasteiger partial charge is 0.337 e. The molecule has 1 aliphatic carbocycles. The fraction of sp³-hybridized carbons (Fsp3) is 0.194. The maximum absolute atomic E-state index is 14.0. The van der Waals surface area contributed by atoms with Crippen LogP contribution in [0.15, 0.2) is 82.1 Å². The molecule has 4 aromatic rings. The predicted molar refractivity (Wildman–Crippen MR) is 150 cm³/mol. The zero-order valence-corrected chi connectivity index (χ0v) is 22.6. The number of carbonyl (C=O) groups is 1. The van der Waals surface area contributed by atoms with E-state index in [9.17, 15) is 9.59 Å². The summed E-state index contributed by atoms with van der Waals surface area (Å²) < 4.78 is 18.1. The molecule has 1 unspecified atom stereocenters. The lowest BCUT2D eigenvalue weighted by Crippen LogP contribution is -2.38. The Kier molecular flexibility index (Phi) is 6.40. The second-order valence-corrected chi connectivity index (χ2v) is 10.3. The van der Waals surface area contributed by atoms with Crippen LogP contribution in [0.25, 0.3) is 11.8 Å². The van der Waals surface area contributed by atoms with Crippen LogP contribution in [0.5, 0.6) is 11.5 Å². The van der Waals surface area contributed by atoms with Gasteiger partial charge in [0.1, 0.15) is 11.5 Å². The van der Waals surface area contributed by atoms with E-state index < -0.39 is 5.97 Å². The van der Waals surface area contributed by atoms with E-state index in [0.717, 1.165) is 40.8 Å². The van der Waals surface area contributed by atoms with Crippen molar-refractivity contribution in [2.45, 2.75) is 18.9 Å². The Labute approximate surface area is 228 Å². The van der Waals surface area contributed by atoms with Gasteiger partial charge in [0, 0.05) is 17.2 Å². The monoisotopic (exact) mass is 538 g/mol. The Morgan fingerprint density at radius 2 is 1.79 bits per heavy atom. The van der Waals surface area contributed by atoms with Gasteiger partial charge < -0.3 is 14.2 Å². The molecule has 0 radical (unpaired) electrons. The van der Waals surface area contributed by atoms with Crippen molar-refractivity contribution >= 4 is 29.1 Å². The van der Waals surface area contributed by atoms with E-state index in [1.54, 1.807) is 37.0 Å². The zero-order valence-electron chi connectivity index (χ0n) is 21.8. The number of benzene rings is 3. The highest BCUT2D eigenvalue weighted by atomic mass is 32.1. The zero-order chi connectivity index (χ0) is 27.1. The Morgan fingerprint density at radius 3 is 2.54 bits per heavy atom. The summed E-state index contributed by atoms with van der Waals surface area (Å²) in [4.78, 5) is 31.7. The van der Waals surface area contributed by atoms with E-state index in [1.165, 1.54) is 24.0 Å². The first kappa shape index (κ1) is 24.9. The van der Waals surface area contributed by atoms with Crippen molar-refractivity contribution in [2.24, 2.45) is 4.99 Å². The highest BCUT2D eigenvalue weighted by molar-refractivity contribution is 7.07. The first-order valence-electron chi connectivity index (χ1n) is 12.6. The molecule has 2 heterocycles. The molecule has 2 aliphatic rings. The quantitative estimate of drug-likeness (QED) is 0.357. The first-order valence-corrected chi connectivity index (χ1v) is 13.4. The van der Waals surface area contributed by atoms with Gasteiger partial charge in [-0.1, -0.05) is 47.7 Å². The van der Waals surface area contributed by atoms with Crippen molar-refractivity contribution in [2.75, 3.05) is 21.3 Å². The van der Waals surface area contributed by atoms with E-state index in [4.69, 9.17) is 19.2 Å². The molecule has 39 heavy (non-hydrogen) atoms. The number of ether oxygens (including phenoxy) is 3. The van der Waals surface area contributed by atoms with Gasteiger partial charge in [0.05, 0.1) is 43.2 Å². The Hall–Kier alpha value is -4.43.